The molecule has 0 radical (unpaired) electrons. The summed E-state index contributed by atoms with van der Waals surface area (Å²) in [6.07, 6.45) is 2.39. The molecule has 1 saturated carbocycles. The van der Waals surface area contributed by atoms with Gasteiger partial charge in [-0.15, -0.1) is 0 Å². The van der Waals surface area contributed by atoms with Crippen LogP contribution in [0, 0.1) is 11.3 Å². The smallest absolute Gasteiger partial charge is 0.412 e. The second-order valence-corrected chi connectivity index (χ2v) is 8.03. The van der Waals surface area contributed by atoms with Gasteiger partial charge in [-0.3, -0.25) is 15.5 Å². The molecule has 3 rings (SSSR count). The van der Waals surface area contributed by atoms with Gasteiger partial charge in [0.2, 0.25) is 0 Å². The summed E-state index contributed by atoms with van der Waals surface area (Å²) in [5, 5.41) is 13.4. The summed E-state index contributed by atoms with van der Waals surface area (Å²) in [5.74, 6) is -0.232. The molecule has 1 aromatic carbocycles. The number of amides is 3. The van der Waals surface area contributed by atoms with Gasteiger partial charge in [0, 0.05) is 43.5 Å². The minimum absolute atomic E-state index is 0.0227. The van der Waals surface area contributed by atoms with E-state index in [0.29, 0.717) is 31.7 Å². The second kappa shape index (κ2) is 10.8. The van der Waals surface area contributed by atoms with Crippen LogP contribution < -0.4 is 15.5 Å². The van der Waals surface area contributed by atoms with Crippen LogP contribution in [0.1, 0.15) is 31.2 Å². The van der Waals surface area contributed by atoms with Crippen LogP contribution in [-0.2, 0) is 14.3 Å². The number of carbonyl (C=O) groups is 3. The molecule has 32 heavy (non-hydrogen) atoms. The van der Waals surface area contributed by atoms with Gasteiger partial charge in [0.1, 0.15) is 5.84 Å². The average Bonchev–Trinajstić information content (AvgIpc) is 2.84. The number of hydrogen-bond donors (Lipinski definition) is 3. The number of piperazine rings is 1. The van der Waals surface area contributed by atoms with Crippen LogP contribution in [0.15, 0.2) is 24.3 Å². The van der Waals surface area contributed by atoms with Crippen LogP contribution in [0.2, 0.25) is 0 Å². The van der Waals surface area contributed by atoms with Crippen molar-refractivity contribution in [3.05, 3.63) is 29.8 Å². The zero-order valence-corrected chi connectivity index (χ0v) is 18.6. The maximum atomic E-state index is 12.6. The molecule has 2 fully saturated rings. The van der Waals surface area contributed by atoms with Crippen molar-refractivity contribution in [1.82, 2.24) is 15.5 Å². The third-order valence-corrected chi connectivity index (χ3v) is 6.09. The normalized spacial score (nSPS) is 20.8. The zero-order chi connectivity index (χ0) is 23.1. The molecule has 0 bridgehead atoms. The number of nitrogens with one attached hydrogen (secondary N) is 3. The topological polar surface area (TPSA) is 124 Å². The van der Waals surface area contributed by atoms with Crippen molar-refractivity contribution >= 4 is 29.6 Å². The maximum Gasteiger partial charge on any atom is 0.412 e. The average molecular weight is 446 g/mol. The van der Waals surface area contributed by atoms with Crippen molar-refractivity contribution < 1.29 is 23.9 Å². The predicted octanol–water partition coefficient (Wildman–Crippen LogP) is 1.93. The van der Waals surface area contributed by atoms with Gasteiger partial charge >= 0.3 is 18.1 Å². The lowest BCUT2D eigenvalue weighted by molar-refractivity contribution is -0.146. The number of nitrogens with zero attached hydrogens (tertiary/aromatic N) is 2. The van der Waals surface area contributed by atoms with E-state index >= 15 is 0 Å². The second-order valence-electron chi connectivity index (χ2n) is 8.03. The van der Waals surface area contributed by atoms with Gasteiger partial charge in [0.25, 0.3) is 0 Å². The van der Waals surface area contributed by atoms with Gasteiger partial charge in [-0.25, -0.2) is 9.59 Å². The van der Waals surface area contributed by atoms with Crippen LogP contribution >= 0.6 is 0 Å². The minimum Gasteiger partial charge on any atom is -0.469 e. The molecule has 1 heterocycles. The number of benzene rings is 1. The van der Waals surface area contributed by atoms with Crippen LogP contribution in [0.3, 0.4) is 0 Å². The SMILES string of the molecule is COC(=O)NC(=N)c1ccc(N2CCN(C(=O)N[C@H]3CC[C@H](C(=O)OC)CC3)CC2)cc1. The maximum absolute atomic E-state index is 12.6. The molecule has 3 N–H and O–H groups in total. The number of urea groups is 1. The summed E-state index contributed by atoms with van der Waals surface area (Å²) >= 11 is 0. The minimum atomic E-state index is -0.676. The molecular weight excluding hydrogens is 414 g/mol. The first-order valence-electron chi connectivity index (χ1n) is 10.8. The highest BCUT2D eigenvalue weighted by Crippen LogP contribution is 2.25. The third kappa shape index (κ3) is 5.89. The Kier molecular flexibility index (Phi) is 7.91. The van der Waals surface area contributed by atoms with Gasteiger partial charge in [-0.2, -0.15) is 0 Å². The number of alkyl carbamates (subject to hydrolysis) is 1. The van der Waals surface area contributed by atoms with E-state index < -0.39 is 6.09 Å². The molecule has 10 heteroatoms. The Morgan fingerprint density at radius 1 is 0.938 bits per heavy atom. The number of ether oxygens (including phenoxy) is 2. The molecule has 10 nitrogen and oxygen atoms in total. The molecule has 0 aromatic heterocycles. The quantitative estimate of drug-likeness (QED) is 0.370. The molecule has 3 amide bonds. The van der Waals surface area contributed by atoms with E-state index in [9.17, 15) is 14.4 Å². The van der Waals surface area contributed by atoms with Crippen molar-refractivity contribution in [1.29, 1.82) is 5.41 Å². The summed E-state index contributed by atoms with van der Waals surface area (Å²) in [6.45, 7) is 2.65. The fourth-order valence-electron chi connectivity index (χ4n) is 4.14. The number of amidine groups is 1. The Morgan fingerprint density at radius 2 is 1.56 bits per heavy atom. The standard InChI is InChI=1S/C22H31N5O5/c1-31-20(28)16-3-7-17(8-4-16)24-21(29)27-13-11-26(12-14-27)18-9-5-15(6-10-18)19(23)25-22(30)32-2/h5-6,9-10,16-17H,3-4,7-8,11-14H2,1-2H3,(H,24,29)(H2,23,25,30)/t16-,17-. The van der Waals surface area contributed by atoms with Gasteiger partial charge in [0.05, 0.1) is 20.1 Å². The molecule has 1 aromatic rings. The molecule has 0 atom stereocenters. The van der Waals surface area contributed by atoms with E-state index in [2.05, 4.69) is 20.3 Å². The molecule has 1 saturated heterocycles. The van der Waals surface area contributed by atoms with E-state index in [0.717, 1.165) is 31.4 Å². The van der Waals surface area contributed by atoms with E-state index in [1.807, 2.05) is 17.0 Å². The number of carbonyl (C=O) groups excluding carboxylic acids is 3. The molecule has 1 aliphatic carbocycles. The predicted molar refractivity (Wildman–Crippen MR) is 119 cm³/mol. The molecular formula is C22H31N5O5. The van der Waals surface area contributed by atoms with Crippen LogP contribution in [-0.4, -0.2) is 75.3 Å². The van der Waals surface area contributed by atoms with Crippen LogP contribution in [0.25, 0.3) is 0 Å². The van der Waals surface area contributed by atoms with Crippen molar-refractivity contribution in [2.75, 3.05) is 45.3 Å². The summed E-state index contributed by atoms with van der Waals surface area (Å²) in [4.78, 5) is 39.5. The Hall–Kier alpha value is -3.30. The largest absolute Gasteiger partial charge is 0.469 e. The highest BCUT2D eigenvalue weighted by atomic mass is 16.5. The number of methoxy groups -OCH3 is 2. The summed E-state index contributed by atoms with van der Waals surface area (Å²) in [6, 6.07) is 7.40. The highest BCUT2D eigenvalue weighted by molar-refractivity contribution is 6.04. The fourth-order valence-corrected chi connectivity index (χ4v) is 4.14. The zero-order valence-electron chi connectivity index (χ0n) is 18.6. The summed E-state index contributed by atoms with van der Waals surface area (Å²) < 4.78 is 9.32. The van der Waals surface area contributed by atoms with Crippen LogP contribution in [0.5, 0.6) is 0 Å². The molecule has 2 aliphatic rings. The first kappa shape index (κ1) is 23.4. The van der Waals surface area contributed by atoms with E-state index in [1.54, 1.807) is 12.1 Å². The number of esters is 1. The monoisotopic (exact) mass is 445 g/mol. The van der Waals surface area contributed by atoms with Crippen molar-refractivity contribution in [3.63, 3.8) is 0 Å². The Balaban J connectivity index is 1.44. The summed E-state index contributed by atoms with van der Waals surface area (Å²) in [5.41, 5.74) is 1.58. The number of rotatable bonds is 4. The van der Waals surface area contributed by atoms with Gasteiger partial charge in [-0.05, 0) is 49.9 Å². The van der Waals surface area contributed by atoms with Crippen molar-refractivity contribution in [2.45, 2.75) is 31.7 Å². The van der Waals surface area contributed by atoms with Gasteiger partial charge < -0.3 is 24.6 Å². The first-order valence-corrected chi connectivity index (χ1v) is 10.8. The lowest BCUT2D eigenvalue weighted by Gasteiger charge is -2.37. The summed E-state index contributed by atoms with van der Waals surface area (Å²) in [7, 11) is 2.67. The van der Waals surface area contributed by atoms with E-state index in [1.165, 1.54) is 14.2 Å². The fraction of sp³-hybridized carbons (Fsp3) is 0.545. The first-order chi connectivity index (χ1) is 15.4. The van der Waals surface area contributed by atoms with Crippen molar-refractivity contribution in [2.24, 2.45) is 5.92 Å². The lowest BCUT2D eigenvalue weighted by atomic mass is 9.86. The number of anilines is 1. The lowest BCUT2D eigenvalue weighted by Crippen LogP contribution is -2.54. The Morgan fingerprint density at radius 3 is 2.12 bits per heavy atom. The van der Waals surface area contributed by atoms with E-state index in [-0.39, 0.29) is 29.8 Å². The molecule has 1 aliphatic heterocycles. The van der Waals surface area contributed by atoms with Gasteiger partial charge in [-0.1, -0.05) is 0 Å². The van der Waals surface area contributed by atoms with Crippen LogP contribution in [0.4, 0.5) is 15.3 Å². The van der Waals surface area contributed by atoms with E-state index in [4.69, 9.17) is 10.1 Å². The third-order valence-electron chi connectivity index (χ3n) is 6.09. The molecule has 174 valence electrons. The van der Waals surface area contributed by atoms with Gasteiger partial charge in [0.15, 0.2) is 0 Å². The Bertz CT molecular complexity index is 828. The molecule has 0 spiro atoms. The highest BCUT2D eigenvalue weighted by Gasteiger charge is 2.29. The number of hydrogen-bond acceptors (Lipinski definition) is 7. The molecule has 0 unspecified atom stereocenters. The Labute approximate surface area is 187 Å². The van der Waals surface area contributed by atoms with Crippen molar-refractivity contribution in [3.8, 4) is 0 Å².